The van der Waals surface area contributed by atoms with Crippen LogP contribution in [0.4, 0.5) is 5.69 Å². The van der Waals surface area contributed by atoms with Gasteiger partial charge in [-0.05, 0) is 34.6 Å². The van der Waals surface area contributed by atoms with Crippen LogP contribution in [0.2, 0.25) is 0 Å². The van der Waals surface area contributed by atoms with E-state index in [4.69, 9.17) is 20.7 Å². The number of hydrogen-bond donors (Lipinski definition) is 1. The molecule has 0 aliphatic carbocycles. The Hall–Kier alpha value is -5.87. The summed E-state index contributed by atoms with van der Waals surface area (Å²) in [5, 5.41) is 2.22. The molecule has 1 aromatic heterocycles. The molecule has 4 nitrogen and oxygen atoms in total. The van der Waals surface area contributed by atoms with Gasteiger partial charge in [0.2, 0.25) is 0 Å². The molecule has 0 atom stereocenters. The van der Waals surface area contributed by atoms with Crippen LogP contribution in [-0.4, -0.2) is 15.0 Å². The molecule has 7 rings (SSSR count). The number of nitrogens with two attached hydrogens (primary N) is 1. The first-order valence-electron chi connectivity index (χ1n) is 14.7. The monoisotopic (exact) mass is 566 g/mol. The highest BCUT2D eigenvalue weighted by molar-refractivity contribution is 6.05. The van der Waals surface area contributed by atoms with Crippen molar-refractivity contribution in [1.82, 2.24) is 15.0 Å². The number of aromatic nitrogens is 3. The Morgan fingerprint density at radius 2 is 0.955 bits per heavy atom. The van der Waals surface area contributed by atoms with Crippen LogP contribution in [0.25, 0.3) is 73.3 Å². The second-order valence-corrected chi connectivity index (χ2v) is 10.6. The smallest absolute Gasteiger partial charge is 0.164 e. The van der Waals surface area contributed by atoms with Gasteiger partial charge in [-0.1, -0.05) is 152 Å². The van der Waals surface area contributed by atoms with Crippen molar-refractivity contribution in [3.8, 4) is 56.4 Å². The average Bonchev–Trinajstić information content (AvgIpc) is 3.09. The minimum atomic E-state index is 0.640. The number of nitrogens with zero attached hydrogens (tertiary/aromatic N) is 3. The summed E-state index contributed by atoms with van der Waals surface area (Å²) in [7, 11) is 0. The van der Waals surface area contributed by atoms with Crippen LogP contribution < -0.4 is 5.73 Å². The second kappa shape index (κ2) is 11.8. The molecule has 7 aromatic rings. The van der Waals surface area contributed by atoms with Gasteiger partial charge in [-0.25, -0.2) is 15.0 Å². The number of nitrogen functional groups attached to an aromatic ring is 1. The molecule has 0 saturated carbocycles. The Kier molecular flexibility index (Phi) is 7.23. The van der Waals surface area contributed by atoms with E-state index in [2.05, 4.69) is 66.7 Å². The van der Waals surface area contributed by atoms with E-state index in [0.717, 1.165) is 61.0 Å². The van der Waals surface area contributed by atoms with Gasteiger partial charge >= 0.3 is 0 Å². The zero-order chi connectivity index (χ0) is 29.9. The zero-order valence-electron chi connectivity index (χ0n) is 24.4. The average molecular weight is 567 g/mol. The highest BCUT2D eigenvalue weighted by Gasteiger charge is 2.16. The van der Waals surface area contributed by atoms with Crippen LogP contribution >= 0.6 is 0 Å². The molecule has 0 aliphatic rings. The highest BCUT2D eigenvalue weighted by atomic mass is 15.0. The van der Waals surface area contributed by atoms with Crippen LogP contribution in [0.15, 0.2) is 146 Å². The van der Waals surface area contributed by atoms with Crippen molar-refractivity contribution >= 4 is 22.5 Å². The number of benzene rings is 6. The SMILES string of the molecule is C/C=C\c1cccc(-c2ccc(-c3cccc4cccc(-c5nc(-c6ccccc6)nc(-c6ccccc6)n5)c34)cc2)c1N. The van der Waals surface area contributed by atoms with E-state index in [1.807, 2.05) is 91.9 Å². The Morgan fingerprint density at radius 3 is 1.55 bits per heavy atom. The molecule has 0 amide bonds. The number of rotatable bonds is 6. The molecule has 0 bridgehead atoms. The number of fused-ring (bicyclic) bond motifs is 1. The van der Waals surface area contributed by atoms with Crippen molar-refractivity contribution in [2.24, 2.45) is 0 Å². The first kappa shape index (κ1) is 27.0. The lowest BCUT2D eigenvalue weighted by Gasteiger charge is -2.14. The molecule has 44 heavy (non-hydrogen) atoms. The third-order valence-electron chi connectivity index (χ3n) is 7.84. The number of allylic oxidation sites excluding steroid dienone is 1. The van der Waals surface area contributed by atoms with Crippen molar-refractivity contribution in [3.63, 3.8) is 0 Å². The van der Waals surface area contributed by atoms with Gasteiger partial charge in [0.1, 0.15) is 0 Å². The second-order valence-electron chi connectivity index (χ2n) is 10.6. The predicted molar refractivity (Wildman–Crippen MR) is 184 cm³/mol. The van der Waals surface area contributed by atoms with E-state index in [-0.39, 0.29) is 0 Å². The fourth-order valence-electron chi connectivity index (χ4n) is 5.69. The summed E-state index contributed by atoms with van der Waals surface area (Å²) >= 11 is 0. The minimum Gasteiger partial charge on any atom is -0.398 e. The lowest BCUT2D eigenvalue weighted by molar-refractivity contribution is 1.08. The molecule has 210 valence electrons. The van der Waals surface area contributed by atoms with Crippen LogP contribution in [-0.2, 0) is 0 Å². The van der Waals surface area contributed by atoms with E-state index < -0.39 is 0 Å². The molecule has 0 spiro atoms. The lowest BCUT2D eigenvalue weighted by atomic mass is 9.92. The molecular weight excluding hydrogens is 536 g/mol. The van der Waals surface area contributed by atoms with Crippen molar-refractivity contribution in [2.75, 3.05) is 5.73 Å². The molecule has 2 N–H and O–H groups in total. The Bertz CT molecular complexity index is 2050. The lowest BCUT2D eigenvalue weighted by Crippen LogP contribution is -2.00. The van der Waals surface area contributed by atoms with E-state index in [9.17, 15) is 0 Å². The van der Waals surface area contributed by atoms with Gasteiger partial charge < -0.3 is 5.73 Å². The molecule has 0 unspecified atom stereocenters. The van der Waals surface area contributed by atoms with Gasteiger partial charge in [-0.2, -0.15) is 0 Å². The largest absolute Gasteiger partial charge is 0.398 e. The molecular formula is C40H30N4. The topological polar surface area (TPSA) is 64.7 Å². The van der Waals surface area contributed by atoms with Gasteiger partial charge in [0.05, 0.1) is 0 Å². The molecule has 0 aliphatic heterocycles. The Balaban J connectivity index is 1.39. The zero-order valence-corrected chi connectivity index (χ0v) is 24.4. The minimum absolute atomic E-state index is 0.640. The Morgan fingerprint density at radius 1 is 0.455 bits per heavy atom. The third kappa shape index (κ3) is 5.14. The number of para-hydroxylation sites is 1. The summed E-state index contributed by atoms with van der Waals surface area (Å²) in [6.07, 6.45) is 4.05. The summed E-state index contributed by atoms with van der Waals surface area (Å²) in [5.41, 5.74) is 15.5. The normalized spacial score (nSPS) is 11.3. The quantitative estimate of drug-likeness (QED) is 0.203. The van der Waals surface area contributed by atoms with Crippen LogP contribution in [0.5, 0.6) is 0 Å². The number of anilines is 1. The summed E-state index contributed by atoms with van der Waals surface area (Å²) in [5.74, 6) is 1.93. The van der Waals surface area contributed by atoms with Gasteiger partial charge in [-0.3, -0.25) is 0 Å². The maximum atomic E-state index is 6.55. The first-order chi connectivity index (χ1) is 21.7. The standard InChI is InChI=1S/C40H30N4/c1-2-12-30-19-11-21-34(37(30)41)28-25-23-27(24-26-28)33-20-9-17-29-18-10-22-35(36(29)33)40-43-38(31-13-5-3-6-14-31)42-39(44-40)32-15-7-4-8-16-32/h2-26H,41H2,1H3/b12-2-. The van der Waals surface area contributed by atoms with Crippen LogP contribution in [0.3, 0.4) is 0 Å². The van der Waals surface area contributed by atoms with Crippen molar-refractivity contribution in [2.45, 2.75) is 6.92 Å². The molecule has 1 heterocycles. The summed E-state index contributed by atoms with van der Waals surface area (Å²) in [4.78, 5) is 14.9. The van der Waals surface area contributed by atoms with E-state index in [1.54, 1.807) is 0 Å². The number of hydrogen-bond acceptors (Lipinski definition) is 4. The summed E-state index contributed by atoms with van der Waals surface area (Å²) in [6, 6.07) is 47.7. The van der Waals surface area contributed by atoms with Crippen LogP contribution in [0, 0.1) is 0 Å². The first-order valence-corrected chi connectivity index (χ1v) is 14.7. The maximum absolute atomic E-state index is 6.55. The fourth-order valence-corrected chi connectivity index (χ4v) is 5.69. The molecule has 4 heteroatoms. The fraction of sp³-hybridized carbons (Fsp3) is 0.0250. The predicted octanol–water partition coefficient (Wildman–Crippen LogP) is 9.98. The van der Waals surface area contributed by atoms with Crippen molar-refractivity contribution < 1.29 is 0 Å². The summed E-state index contributed by atoms with van der Waals surface area (Å²) in [6.45, 7) is 2.00. The van der Waals surface area contributed by atoms with E-state index >= 15 is 0 Å². The molecule has 6 aromatic carbocycles. The van der Waals surface area contributed by atoms with Crippen molar-refractivity contribution in [3.05, 3.63) is 151 Å². The molecule has 0 radical (unpaired) electrons. The van der Waals surface area contributed by atoms with Gasteiger partial charge in [0, 0.05) is 33.3 Å². The van der Waals surface area contributed by atoms with Crippen molar-refractivity contribution in [1.29, 1.82) is 0 Å². The maximum Gasteiger partial charge on any atom is 0.164 e. The Labute approximate surface area is 257 Å². The molecule has 0 saturated heterocycles. The van der Waals surface area contributed by atoms with E-state index in [0.29, 0.717) is 17.5 Å². The van der Waals surface area contributed by atoms with E-state index in [1.165, 1.54) is 0 Å². The van der Waals surface area contributed by atoms with Gasteiger partial charge in [0.25, 0.3) is 0 Å². The van der Waals surface area contributed by atoms with Gasteiger partial charge in [0.15, 0.2) is 17.5 Å². The van der Waals surface area contributed by atoms with Gasteiger partial charge in [-0.15, -0.1) is 0 Å². The highest BCUT2D eigenvalue weighted by Crippen LogP contribution is 2.38. The third-order valence-corrected chi connectivity index (χ3v) is 7.84. The van der Waals surface area contributed by atoms with Crippen LogP contribution in [0.1, 0.15) is 12.5 Å². The summed E-state index contributed by atoms with van der Waals surface area (Å²) < 4.78 is 0. The molecule has 0 fully saturated rings.